The first-order chi connectivity index (χ1) is 9.19. The highest BCUT2D eigenvalue weighted by Crippen LogP contribution is 2.38. The third kappa shape index (κ3) is 2.88. The number of benzene rings is 2. The summed E-state index contributed by atoms with van der Waals surface area (Å²) in [6.07, 6.45) is 0. The van der Waals surface area contributed by atoms with Gasteiger partial charge in [0.25, 0.3) is 0 Å². The molecule has 0 heterocycles. The van der Waals surface area contributed by atoms with E-state index >= 15 is 0 Å². The van der Waals surface area contributed by atoms with Crippen LogP contribution in [0.3, 0.4) is 0 Å². The summed E-state index contributed by atoms with van der Waals surface area (Å²) in [6, 6.07) is 13.8. The van der Waals surface area contributed by atoms with Gasteiger partial charge in [-0.05, 0) is 23.8 Å². The topological polar surface area (TPSA) is 12.5 Å². The maximum atomic E-state index is 6.35. The van der Waals surface area contributed by atoms with Gasteiger partial charge in [-0.3, -0.25) is 0 Å². The first-order valence-electron chi connectivity index (χ1n) is 5.89. The van der Waals surface area contributed by atoms with E-state index in [1.807, 2.05) is 43.4 Å². The number of hydrogen-bond donors (Lipinski definition) is 0. The molecule has 2 nitrogen and oxygen atoms in total. The molecular formula is C15H15BrClNO. The second kappa shape index (κ2) is 6.31. The van der Waals surface area contributed by atoms with Crippen LogP contribution >= 0.6 is 27.5 Å². The molecule has 0 amide bonds. The number of halogens is 2. The van der Waals surface area contributed by atoms with Crippen molar-refractivity contribution in [3.05, 3.63) is 53.1 Å². The van der Waals surface area contributed by atoms with Gasteiger partial charge in [0, 0.05) is 12.4 Å². The van der Waals surface area contributed by atoms with Crippen molar-refractivity contribution in [2.75, 3.05) is 19.1 Å². The molecule has 2 rings (SSSR count). The number of methoxy groups -OCH3 is 1. The molecule has 0 atom stereocenters. The lowest BCUT2D eigenvalue weighted by Crippen LogP contribution is -2.13. The number of alkyl halides is 1. The maximum absolute atomic E-state index is 6.35. The van der Waals surface area contributed by atoms with Crippen molar-refractivity contribution >= 4 is 38.9 Å². The Kier molecular flexibility index (Phi) is 4.72. The van der Waals surface area contributed by atoms with Gasteiger partial charge < -0.3 is 9.64 Å². The van der Waals surface area contributed by atoms with Crippen molar-refractivity contribution in [3.8, 4) is 5.75 Å². The second-order valence-electron chi connectivity index (χ2n) is 4.11. The fourth-order valence-electron chi connectivity index (χ4n) is 2.07. The van der Waals surface area contributed by atoms with Gasteiger partial charge in [0.15, 0.2) is 0 Å². The lowest BCUT2D eigenvalue weighted by Gasteiger charge is -2.25. The number of anilines is 2. The summed E-state index contributed by atoms with van der Waals surface area (Å²) < 4.78 is 5.40. The Bertz CT molecular complexity index is 574. The van der Waals surface area contributed by atoms with E-state index in [9.17, 15) is 0 Å². The highest BCUT2D eigenvalue weighted by Gasteiger charge is 2.15. The number of rotatable bonds is 4. The summed E-state index contributed by atoms with van der Waals surface area (Å²) in [7, 11) is 3.66. The van der Waals surface area contributed by atoms with Gasteiger partial charge in [-0.1, -0.05) is 51.8 Å². The third-order valence-electron chi connectivity index (χ3n) is 3.00. The first kappa shape index (κ1) is 14.2. The SMILES string of the molecule is COc1ccccc1N(C)c1c(Cl)cccc1CBr. The molecule has 0 aliphatic heterocycles. The average Bonchev–Trinajstić information content (AvgIpc) is 2.46. The third-order valence-corrected chi connectivity index (χ3v) is 3.91. The lowest BCUT2D eigenvalue weighted by atomic mass is 10.1. The molecule has 0 radical (unpaired) electrons. The van der Waals surface area contributed by atoms with Crippen LogP contribution in [0.25, 0.3) is 0 Å². The van der Waals surface area contributed by atoms with Gasteiger partial charge in [0.2, 0.25) is 0 Å². The van der Waals surface area contributed by atoms with E-state index in [0.29, 0.717) is 0 Å². The molecule has 0 saturated carbocycles. The fraction of sp³-hybridized carbons (Fsp3) is 0.200. The summed E-state index contributed by atoms with van der Waals surface area (Å²) >= 11 is 9.85. The van der Waals surface area contributed by atoms with Crippen LogP contribution in [0.5, 0.6) is 5.75 Å². The van der Waals surface area contributed by atoms with Gasteiger partial charge in [0.1, 0.15) is 5.75 Å². The Morgan fingerprint density at radius 1 is 1.16 bits per heavy atom. The van der Waals surface area contributed by atoms with Crippen molar-refractivity contribution < 1.29 is 4.74 Å². The van der Waals surface area contributed by atoms with Crippen LogP contribution in [0.15, 0.2) is 42.5 Å². The molecule has 0 spiro atoms. The number of para-hydroxylation sites is 3. The number of ether oxygens (including phenoxy) is 1. The van der Waals surface area contributed by atoms with Crippen molar-refractivity contribution in [2.24, 2.45) is 0 Å². The molecule has 4 heteroatoms. The van der Waals surface area contributed by atoms with Crippen molar-refractivity contribution in [2.45, 2.75) is 5.33 Å². The van der Waals surface area contributed by atoms with E-state index in [-0.39, 0.29) is 0 Å². The summed E-state index contributed by atoms with van der Waals surface area (Å²) in [5.41, 5.74) is 3.12. The van der Waals surface area contributed by atoms with Gasteiger partial charge in [-0.2, -0.15) is 0 Å². The summed E-state index contributed by atoms with van der Waals surface area (Å²) in [5.74, 6) is 0.824. The maximum Gasteiger partial charge on any atom is 0.142 e. The van der Waals surface area contributed by atoms with E-state index in [4.69, 9.17) is 16.3 Å². The van der Waals surface area contributed by atoms with Crippen LogP contribution in [0.1, 0.15) is 5.56 Å². The predicted molar refractivity (Wildman–Crippen MR) is 85.1 cm³/mol. The zero-order valence-electron chi connectivity index (χ0n) is 10.9. The van der Waals surface area contributed by atoms with Crippen LogP contribution in [-0.2, 0) is 5.33 Å². The Morgan fingerprint density at radius 3 is 2.58 bits per heavy atom. The zero-order valence-corrected chi connectivity index (χ0v) is 13.2. The molecule has 0 aliphatic rings. The molecule has 0 saturated heterocycles. The smallest absolute Gasteiger partial charge is 0.142 e. The van der Waals surface area contributed by atoms with Crippen molar-refractivity contribution in [3.63, 3.8) is 0 Å². The standard InChI is InChI=1S/C15H15BrClNO/c1-18(13-8-3-4-9-14(13)19-2)15-11(10-16)6-5-7-12(15)17/h3-9H,10H2,1-2H3. The van der Waals surface area contributed by atoms with E-state index < -0.39 is 0 Å². The highest BCUT2D eigenvalue weighted by atomic mass is 79.9. The second-order valence-corrected chi connectivity index (χ2v) is 5.08. The molecule has 0 bridgehead atoms. The van der Waals surface area contributed by atoms with E-state index in [1.165, 1.54) is 0 Å². The minimum atomic E-state index is 0.727. The molecular weight excluding hydrogens is 326 g/mol. The van der Waals surface area contributed by atoms with Crippen LogP contribution < -0.4 is 9.64 Å². The first-order valence-corrected chi connectivity index (χ1v) is 7.39. The highest BCUT2D eigenvalue weighted by molar-refractivity contribution is 9.08. The molecule has 0 N–H and O–H groups in total. The fourth-order valence-corrected chi connectivity index (χ4v) is 2.84. The minimum Gasteiger partial charge on any atom is -0.495 e. The van der Waals surface area contributed by atoms with Gasteiger partial charge in [-0.25, -0.2) is 0 Å². The normalized spacial score (nSPS) is 10.3. The Labute approximate surface area is 127 Å². The molecule has 2 aromatic rings. The van der Waals surface area contributed by atoms with Crippen molar-refractivity contribution in [1.29, 1.82) is 0 Å². The summed E-state index contributed by atoms with van der Waals surface area (Å²) in [5, 5.41) is 1.48. The predicted octanol–water partition coefficient (Wildman–Crippen LogP) is 5.01. The van der Waals surface area contributed by atoms with Crippen LogP contribution in [-0.4, -0.2) is 14.2 Å². The lowest BCUT2D eigenvalue weighted by molar-refractivity contribution is 0.415. The van der Waals surface area contributed by atoms with Crippen LogP contribution in [0.4, 0.5) is 11.4 Å². The molecule has 0 aromatic heterocycles. The quantitative estimate of drug-likeness (QED) is 0.725. The zero-order chi connectivity index (χ0) is 13.8. The molecule has 100 valence electrons. The van der Waals surface area contributed by atoms with E-state index in [1.54, 1.807) is 7.11 Å². The van der Waals surface area contributed by atoms with E-state index in [2.05, 4.69) is 26.9 Å². The molecule has 0 aliphatic carbocycles. The van der Waals surface area contributed by atoms with Gasteiger partial charge in [0.05, 0.1) is 23.5 Å². The van der Waals surface area contributed by atoms with Crippen molar-refractivity contribution in [1.82, 2.24) is 0 Å². The molecule has 19 heavy (non-hydrogen) atoms. The largest absolute Gasteiger partial charge is 0.495 e. The number of nitrogens with zero attached hydrogens (tertiary/aromatic N) is 1. The molecule has 0 unspecified atom stereocenters. The average molecular weight is 341 g/mol. The summed E-state index contributed by atoms with van der Waals surface area (Å²) in [6.45, 7) is 0. The Morgan fingerprint density at radius 2 is 1.89 bits per heavy atom. The Balaban J connectivity index is 2.52. The van der Waals surface area contributed by atoms with Crippen LogP contribution in [0.2, 0.25) is 5.02 Å². The Hall–Kier alpha value is -1.19. The minimum absolute atomic E-state index is 0.727. The monoisotopic (exact) mass is 339 g/mol. The van der Waals surface area contributed by atoms with Gasteiger partial charge in [-0.15, -0.1) is 0 Å². The molecule has 2 aromatic carbocycles. The molecule has 0 fully saturated rings. The van der Waals surface area contributed by atoms with E-state index in [0.717, 1.165) is 33.0 Å². The summed E-state index contributed by atoms with van der Waals surface area (Å²) in [4.78, 5) is 2.05. The van der Waals surface area contributed by atoms with Crippen LogP contribution in [0, 0.1) is 0 Å². The van der Waals surface area contributed by atoms with Gasteiger partial charge >= 0.3 is 0 Å². The number of hydrogen-bond acceptors (Lipinski definition) is 2.